The van der Waals surface area contributed by atoms with E-state index in [9.17, 15) is 9.90 Å². The fourth-order valence-electron chi connectivity index (χ4n) is 3.79. The van der Waals surface area contributed by atoms with Gasteiger partial charge in [-0.25, -0.2) is 0 Å². The molecule has 132 valence electrons. The molecule has 3 rings (SSSR count). The molecule has 1 aliphatic carbocycles. The van der Waals surface area contributed by atoms with Gasteiger partial charge < -0.3 is 16.2 Å². The van der Waals surface area contributed by atoms with Gasteiger partial charge in [0.25, 0.3) is 0 Å². The van der Waals surface area contributed by atoms with Crippen molar-refractivity contribution in [3.63, 3.8) is 0 Å². The van der Waals surface area contributed by atoms with E-state index in [0.717, 1.165) is 36.0 Å². The predicted molar refractivity (Wildman–Crippen MR) is 99.5 cm³/mol. The van der Waals surface area contributed by atoms with E-state index >= 15 is 0 Å². The van der Waals surface area contributed by atoms with Gasteiger partial charge in [0.05, 0.1) is 12.1 Å². The molecule has 0 saturated carbocycles. The van der Waals surface area contributed by atoms with Crippen molar-refractivity contribution >= 4 is 5.91 Å². The first kappa shape index (κ1) is 17.5. The lowest BCUT2D eigenvalue weighted by Gasteiger charge is -2.27. The summed E-state index contributed by atoms with van der Waals surface area (Å²) in [6, 6.07) is 11.2. The van der Waals surface area contributed by atoms with Crippen LogP contribution in [0.2, 0.25) is 0 Å². The standard InChI is InChI=1S/C21H26N2O2/c1-13-10-16(24)11-14(2)18(13)12-19(22)21(25)23-20-9-5-7-15-6-3-4-8-17(15)20/h3-4,6,8,10-11,19-20,24H,5,7,9,12,22H2,1-2H3,(H,23,25)/t19-,20+/m0/s1. The van der Waals surface area contributed by atoms with Crippen LogP contribution >= 0.6 is 0 Å². The molecule has 0 heterocycles. The second-order valence-electron chi connectivity index (χ2n) is 7.02. The summed E-state index contributed by atoms with van der Waals surface area (Å²) >= 11 is 0. The zero-order chi connectivity index (χ0) is 18.0. The molecule has 2 aromatic rings. The van der Waals surface area contributed by atoms with E-state index in [1.165, 1.54) is 11.1 Å². The molecule has 4 nitrogen and oxygen atoms in total. The Balaban J connectivity index is 1.70. The van der Waals surface area contributed by atoms with Crippen molar-refractivity contribution in [2.24, 2.45) is 5.73 Å². The molecule has 0 unspecified atom stereocenters. The van der Waals surface area contributed by atoms with E-state index < -0.39 is 6.04 Å². The maximum absolute atomic E-state index is 12.6. The average Bonchev–Trinajstić information content (AvgIpc) is 2.58. The van der Waals surface area contributed by atoms with Crippen LogP contribution in [0.25, 0.3) is 0 Å². The molecule has 0 aliphatic heterocycles. The number of amides is 1. The van der Waals surface area contributed by atoms with E-state index in [-0.39, 0.29) is 17.7 Å². The Morgan fingerprint density at radius 1 is 1.28 bits per heavy atom. The number of carbonyl (C=O) groups excluding carboxylic acids is 1. The number of fused-ring (bicyclic) bond motifs is 1. The predicted octanol–water partition coefficient (Wildman–Crippen LogP) is 3.07. The van der Waals surface area contributed by atoms with Crippen LogP contribution in [0.1, 0.15) is 46.7 Å². The highest BCUT2D eigenvalue weighted by Gasteiger charge is 2.24. The van der Waals surface area contributed by atoms with E-state index in [0.29, 0.717) is 6.42 Å². The van der Waals surface area contributed by atoms with Gasteiger partial charge in [-0.15, -0.1) is 0 Å². The molecule has 1 aliphatic rings. The largest absolute Gasteiger partial charge is 0.508 e. The third-order valence-corrected chi connectivity index (χ3v) is 5.13. The van der Waals surface area contributed by atoms with E-state index in [4.69, 9.17) is 5.73 Å². The molecular weight excluding hydrogens is 312 g/mol. The number of rotatable bonds is 4. The Morgan fingerprint density at radius 3 is 2.68 bits per heavy atom. The van der Waals surface area contributed by atoms with Gasteiger partial charge in [0.15, 0.2) is 0 Å². The Morgan fingerprint density at radius 2 is 1.96 bits per heavy atom. The highest BCUT2D eigenvalue weighted by Crippen LogP contribution is 2.29. The second kappa shape index (κ2) is 7.28. The van der Waals surface area contributed by atoms with Crippen molar-refractivity contribution in [3.05, 3.63) is 64.2 Å². The molecule has 4 heteroatoms. The third-order valence-electron chi connectivity index (χ3n) is 5.13. The summed E-state index contributed by atoms with van der Waals surface area (Å²) in [5.74, 6) is 0.129. The van der Waals surface area contributed by atoms with E-state index in [1.807, 2.05) is 26.0 Å². The van der Waals surface area contributed by atoms with E-state index in [2.05, 4.69) is 17.4 Å². The molecule has 0 saturated heterocycles. The Kier molecular flexibility index (Phi) is 5.09. The first-order valence-corrected chi connectivity index (χ1v) is 8.88. The van der Waals surface area contributed by atoms with Gasteiger partial charge in [-0.2, -0.15) is 0 Å². The lowest BCUT2D eigenvalue weighted by atomic mass is 9.87. The van der Waals surface area contributed by atoms with Crippen LogP contribution in [0.3, 0.4) is 0 Å². The number of hydrogen-bond donors (Lipinski definition) is 3. The molecule has 4 N–H and O–H groups in total. The van der Waals surface area contributed by atoms with Crippen LogP contribution < -0.4 is 11.1 Å². The van der Waals surface area contributed by atoms with Crippen molar-refractivity contribution in [2.75, 3.05) is 0 Å². The van der Waals surface area contributed by atoms with Crippen LogP contribution in [-0.4, -0.2) is 17.1 Å². The molecule has 0 bridgehead atoms. The number of phenolic OH excluding ortho intramolecular Hbond substituents is 1. The van der Waals surface area contributed by atoms with Crippen LogP contribution in [0.4, 0.5) is 0 Å². The quantitative estimate of drug-likeness (QED) is 0.802. The normalized spacial score (nSPS) is 17.6. The summed E-state index contributed by atoms with van der Waals surface area (Å²) in [5, 5.41) is 12.8. The molecule has 0 radical (unpaired) electrons. The van der Waals surface area contributed by atoms with Gasteiger partial charge in [-0.3, -0.25) is 4.79 Å². The number of nitrogens with two attached hydrogens (primary N) is 1. The summed E-state index contributed by atoms with van der Waals surface area (Å²) in [7, 11) is 0. The number of aryl methyl sites for hydroxylation is 3. The molecule has 2 atom stereocenters. The fraction of sp³-hybridized carbons (Fsp3) is 0.381. The fourth-order valence-corrected chi connectivity index (χ4v) is 3.79. The summed E-state index contributed by atoms with van der Waals surface area (Å²) in [4.78, 5) is 12.6. The first-order chi connectivity index (χ1) is 12.0. The molecule has 0 aromatic heterocycles. The summed E-state index contributed by atoms with van der Waals surface area (Å²) in [5.41, 5.74) is 11.7. The summed E-state index contributed by atoms with van der Waals surface area (Å²) < 4.78 is 0. The number of phenols is 1. The first-order valence-electron chi connectivity index (χ1n) is 8.88. The van der Waals surface area contributed by atoms with Crippen LogP contribution in [0.15, 0.2) is 36.4 Å². The number of hydrogen-bond acceptors (Lipinski definition) is 3. The van der Waals surface area contributed by atoms with Gasteiger partial charge in [0.2, 0.25) is 5.91 Å². The minimum absolute atomic E-state index is 0.0468. The lowest BCUT2D eigenvalue weighted by molar-refractivity contribution is -0.123. The molecule has 0 spiro atoms. The number of nitrogens with one attached hydrogen (secondary N) is 1. The van der Waals surface area contributed by atoms with Crippen molar-refractivity contribution in [1.82, 2.24) is 5.32 Å². The minimum atomic E-state index is -0.601. The van der Waals surface area contributed by atoms with Gasteiger partial charge >= 0.3 is 0 Å². The number of aromatic hydroxyl groups is 1. The molecular formula is C21H26N2O2. The van der Waals surface area contributed by atoms with Gasteiger partial charge in [-0.05, 0) is 79.5 Å². The van der Waals surface area contributed by atoms with Crippen LogP contribution in [-0.2, 0) is 17.6 Å². The Hall–Kier alpha value is -2.33. The smallest absolute Gasteiger partial charge is 0.237 e. The van der Waals surface area contributed by atoms with Crippen molar-refractivity contribution in [1.29, 1.82) is 0 Å². The van der Waals surface area contributed by atoms with Crippen molar-refractivity contribution < 1.29 is 9.90 Å². The van der Waals surface area contributed by atoms with Crippen LogP contribution in [0.5, 0.6) is 5.75 Å². The topological polar surface area (TPSA) is 75.3 Å². The van der Waals surface area contributed by atoms with Crippen molar-refractivity contribution in [2.45, 2.75) is 51.6 Å². The summed E-state index contributed by atoms with van der Waals surface area (Å²) in [6.07, 6.45) is 3.57. The van der Waals surface area contributed by atoms with Gasteiger partial charge in [0.1, 0.15) is 5.75 Å². The molecule has 1 amide bonds. The molecule has 2 aromatic carbocycles. The second-order valence-corrected chi connectivity index (χ2v) is 7.02. The van der Waals surface area contributed by atoms with E-state index in [1.54, 1.807) is 12.1 Å². The zero-order valence-corrected chi connectivity index (χ0v) is 14.9. The van der Waals surface area contributed by atoms with Crippen molar-refractivity contribution in [3.8, 4) is 5.75 Å². The third kappa shape index (κ3) is 3.85. The van der Waals surface area contributed by atoms with Gasteiger partial charge in [-0.1, -0.05) is 24.3 Å². The summed E-state index contributed by atoms with van der Waals surface area (Å²) in [6.45, 7) is 3.87. The lowest BCUT2D eigenvalue weighted by Crippen LogP contribution is -2.44. The highest BCUT2D eigenvalue weighted by molar-refractivity contribution is 5.82. The Bertz CT molecular complexity index is 762. The zero-order valence-electron chi connectivity index (χ0n) is 14.9. The maximum Gasteiger partial charge on any atom is 0.237 e. The number of carbonyl (C=O) groups is 1. The van der Waals surface area contributed by atoms with Gasteiger partial charge in [0, 0.05) is 0 Å². The average molecular weight is 338 g/mol. The highest BCUT2D eigenvalue weighted by atomic mass is 16.3. The molecule has 25 heavy (non-hydrogen) atoms. The SMILES string of the molecule is Cc1cc(O)cc(C)c1C[C@H](N)C(=O)N[C@@H]1CCCc2ccccc21. The monoisotopic (exact) mass is 338 g/mol. The van der Waals surface area contributed by atoms with Crippen LogP contribution in [0, 0.1) is 13.8 Å². The minimum Gasteiger partial charge on any atom is -0.508 e. The number of benzene rings is 2. The maximum atomic E-state index is 12.6. The molecule has 0 fully saturated rings. The Labute approximate surface area is 149 Å².